The molecule has 6 heteroatoms. The fraction of sp³-hybridized carbons (Fsp3) is 0. The van der Waals surface area contributed by atoms with Crippen molar-refractivity contribution in [2.24, 2.45) is 0 Å². The number of furan rings is 2. The molecule has 0 radical (unpaired) electrons. The lowest BCUT2D eigenvalue weighted by Crippen LogP contribution is -2.00. The Hall–Kier alpha value is -7.83. The lowest BCUT2D eigenvalue weighted by atomic mass is 10.00. The zero-order valence-corrected chi connectivity index (χ0v) is 30.4. The largest absolute Gasteiger partial charge is 0.456 e. The van der Waals surface area contributed by atoms with E-state index in [9.17, 15) is 0 Å². The summed E-state index contributed by atoms with van der Waals surface area (Å²) < 4.78 is 15.1. The van der Waals surface area contributed by atoms with Crippen LogP contribution in [0.25, 0.3) is 117 Å². The Kier molecular flexibility index (Phi) is 6.83. The minimum atomic E-state index is 0.587. The van der Waals surface area contributed by atoms with Crippen LogP contribution in [0.2, 0.25) is 0 Å². The summed E-state index contributed by atoms with van der Waals surface area (Å²) in [5.41, 5.74) is 11.7. The summed E-state index contributed by atoms with van der Waals surface area (Å²) in [6, 6.07) is 62.8. The Labute approximate surface area is 325 Å². The van der Waals surface area contributed by atoms with Crippen molar-refractivity contribution in [1.82, 2.24) is 19.5 Å². The normalized spacial score (nSPS) is 11.9. The first-order valence-electron chi connectivity index (χ1n) is 19.0. The fourth-order valence-electron chi connectivity index (χ4n) is 8.40. The summed E-state index contributed by atoms with van der Waals surface area (Å²) in [6.07, 6.45) is 0. The van der Waals surface area contributed by atoms with E-state index in [0.29, 0.717) is 17.5 Å². The molecular formula is C51H30N4O2. The van der Waals surface area contributed by atoms with Crippen LogP contribution in [0.1, 0.15) is 0 Å². The Morgan fingerprint density at radius 2 is 0.877 bits per heavy atom. The topological polar surface area (TPSA) is 69.9 Å². The van der Waals surface area contributed by atoms with Gasteiger partial charge in [0.1, 0.15) is 22.3 Å². The molecule has 57 heavy (non-hydrogen) atoms. The Balaban J connectivity index is 1.00. The van der Waals surface area contributed by atoms with E-state index in [4.69, 9.17) is 23.8 Å². The molecule has 12 aromatic rings. The van der Waals surface area contributed by atoms with Crippen LogP contribution in [-0.4, -0.2) is 19.5 Å². The number of para-hydroxylation sites is 4. The van der Waals surface area contributed by atoms with Crippen molar-refractivity contribution in [2.45, 2.75) is 0 Å². The maximum absolute atomic E-state index is 6.58. The molecule has 12 rings (SSSR count). The number of nitrogens with zero attached hydrogens (tertiary/aromatic N) is 4. The highest BCUT2D eigenvalue weighted by molar-refractivity contribution is 6.15. The molecule has 0 aliphatic rings. The third-order valence-corrected chi connectivity index (χ3v) is 11.1. The minimum absolute atomic E-state index is 0.587. The predicted octanol–water partition coefficient (Wildman–Crippen LogP) is 13.4. The van der Waals surface area contributed by atoms with Gasteiger partial charge in [-0.1, -0.05) is 109 Å². The van der Waals surface area contributed by atoms with Crippen LogP contribution in [-0.2, 0) is 0 Å². The Bertz CT molecular complexity index is 3530. The quantitative estimate of drug-likeness (QED) is 0.176. The number of aromatic nitrogens is 4. The van der Waals surface area contributed by atoms with E-state index in [-0.39, 0.29) is 0 Å². The standard InChI is InChI=1S/C51H30N4O2/c1-3-12-31(13-4-1)49-52-50(33-23-26-45-41(28-33)38-17-8-10-21-44(38)56-45)54-51(53-49)34-24-27-46-42(29-34)39-25-22-32(30-47(39)57-46)36-18-11-19-40-37-16-7-9-20-43(37)55(48(36)40)35-14-5-2-6-15-35/h1-30H. The zero-order chi connectivity index (χ0) is 37.5. The number of rotatable bonds is 5. The molecule has 0 amide bonds. The third kappa shape index (κ3) is 5.01. The Morgan fingerprint density at radius 1 is 0.333 bits per heavy atom. The summed E-state index contributed by atoms with van der Waals surface area (Å²) >= 11 is 0. The molecule has 4 aromatic heterocycles. The zero-order valence-electron chi connectivity index (χ0n) is 30.4. The first kappa shape index (κ1) is 31.5. The first-order valence-corrected chi connectivity index (χ1v) is 19.0. The highest BCUT2D eigenvalue weighted by atomic mass is 16.3. The van der Waals surface area contributed by atoms with Crippen molar-refractivity contribution in [3.05, 3.63) is 182 Å². The van der Waals surface area contributed by atoms with E-state index in [1.807, 2.05) is 72.8 Å². The van der Waals surface area contributed by atoms with Gasteiger partial charge in [-0.15, -0.1) is 0 Å². The van der Waals surface area contributed by atoms with Crippen LogP contribution in [0, 0.1) is 0 Å². The van der Waals surface area contributed by atoms with Gasteiger partial charge in [0, 0.05) is 60.3 Å². The highest BCUT2D eigenvalue weighted by Gasteiger charge is 2.19. The minimum Gasteiger partial charge on any atom is -0.456 e. The van der Waals surface area contributed by atoms with Gasteiger partial charge >= 0.3 is 0 Å². The predicted molar refractivity (Wildman–Crippen MR) is 230 cm³/mol. The van der Waals surface area contributed by atoms with Crippen LogP contribution < -0.4 is 0 Å². The van der Waals surface area contributed by atoms with Gasteiger partial charge in [0.05, 0.1) is 11.0 Å². The van der Waals surface area contributed by atoms with Crippen molar-refractivity contribution >= 4 is 65.7 Å². The summed E-state index contributed by atoms with van der Waals surface area (Å²) in [5, 5.41) is 6.55. The van der Waals surface area contributed by atoms with Crippen molar-refractivity contribution in [3.63, 3.8) is 0 Å². The van der Waals surface area contributed by atoms with Crippen LogP contribution in [0.4, 0.5) is 0 Å². The third-order valence-electron chi connectivity index (χ3n) is 11.1. The van der Waals surface area contributed by atoms with E-state index in [1.165, 1.54) is 21.8 Å². The summed E-state index contributed by atoms with van der Waals surface area (Å²) in [7, 11) is 0. The second-order valence-electron chi connectivity index (χ2n) is 14.4. The molecule has 6 nitrogen and oxygen atoms in total. The van der Waals surface area contributed by atoms with E-state index >= 15 is 0 Å². The van der Waals surface area contributed by atoms with Crippen LogP contribution in [0.15, 0.2) is 191 Å². The van der Waals surface area contributed by atoms with Gasteiger partial charge < -0.3 is 13.4 Å². The first-order chi connectivity index (χ1) is 28.2. The Morgan fingerprint density at radius 3 is 1.61 bits per heavy atom. The van der Waals surface area contributed by atoms with E-state index in [1.54, 1.807) is 0 Å². The average Bonchev–Trinajstić information content (AvgIpc) is 3.95. The SMILES string of the molecule is c1ccc(-c2nc(-c3ccc4oc5ccccc5c4c3)nc(-c3ccc4oc5cc(-c6cccc7c8ccccc8n(-c8ccccc8)c67)ccc5c4c3)n2)cc1. The van der Waals surface area contributed by atoms with Gasteiger partial charge in [-0.25, -0.2) is 15.0 Å². The molecule has 0 fully saturated rings. The molecule has 0 saturated heterocycles. The lowest BCUT2D eigenvalue weighted by molar-refractivity contribution is 0.668. The summed E-state index contributed by atoms with van der Waals surface area (Å²) in [6.45, 7) is 0. The van der Waals surface area contributed by atoms with Crippen molar-refractivity contribution in [3.8, 4) is 51.0 Å². The van der Waals surface area contributed by atoms with E-state index in [0.717, 1.165) is 77.4 Å². The molecular weight excluding hydrogens is 701 g/mol. The van der Waals surface area contributed by atoms with Crippen molar-refractivity contribution in [2.75, 3.05) is 0 Å². The van der Waals surface area contributed by atoms with Crippen LogP contribution in [0.3, 0.4) is 0 Å². The summed E-state index contributed by atoms with van der Waals surface area (Å²) in [5.74, 6) is 1.79. The molecule has 0 N–H and O–H groups in total. The number of fused-ring (bicyclic) bond motifs is 9. The molecule has 0 aliphatic heterocycles. The molecule has 0 bridgehead atoms. The molecule has 4 heterocycles. The molecule has 0 unspecified atom stereocenters. The van der Waals surface area contributed by atoms with Crippen LogP contribution in [0.5, 0.6) is 0 Å². The second kappa shape index (κ2) is 12.3. The molecule has 0 aliphatic carbocycles. The van der Waals surface area contributed by atoms with Gasteiger partial charge in [0.15, 0.2) is 17.5 Å². The lowest BCUT2D eigenvalue weighted by Gasteiger charge is -2.11. The van der Waals surface area contributed by atoms with Gasteiger partial charge in [0.2, 0.25) is 0 Å². The number of hydrogen-bond donors (Lipinski definition) is 0. The number of hydrogen-bond acceptors (Lipinski definition) is 5. The molecule has 266 valence electrons. The highest BCUT2D eigenvalue weighted by Crippen LogP contribution is 2.41. The average molecular weight is 731 g/mol. The molecule has 8 aromatic carbocycles. The van der Waals surface area contributed by atoms with Crippen molar-refractivity contribution in [1.29, 1.82) is 0 Å². The maximum atomic E-state index is 6.58. The van der Waals surface area contributed by atoms with Gasteiger partial charge in [-0.05, 0) is 78.4 Å². The van der Waals surface area contributed by atoms with Gasteiger partial charge in [0.25, 0.3) is 0 Å². The fourth-order valence-corrected chi connectivity index (χ4v) is 8.40. The van der Waals surface area contributed by atoms with Crippen LogP contribution >= 0.6 is 0 Å². The number of benzene rings is 8. The smallest absolute Gasteiger partial charge is 0.164 e. The van der Waals surface area contributed by atoms with E-state index < -0.39 is 0 Å². The summed E-state index contributed by atoms with van der Waals surface area (Å²) in [4.78, 5) is 15.1. The van der Waals surface area contributed by atoms with Gasteiger partial charge in [-0.2, -0.15) is 0 Å². The molecule has 0 spiro atoms. The van der Waals surface area contributed by atoms with Crippen molar-refractivity contribution < 1.29 is 8.83 Å². The molecule has 0 saturated carbocycles. The maximum Gasteiger partial charge on any atom is 0.164 e. The molecule has 0 atom stereocenters. The monoisotopic (exact) mass is 730 g/mol. The van der Waals surface area contributed by atoms with Gasteiger partial charge in [-0.3, -0.25) is 0 Å². The van der Waals surface area contributed by atoms with E-state index in [2.05, 4.69) is 114 Å². The second-order valence-corrected chi connectivity index (χ2v) is 14.4.